The van der Waals surface area contributed by atoms with E-state index in [0.717, 1.165) is 40.2 Å². The monoisotopic (exact) mass is 524 g/mol. The number of amides is 1. The molecule has 39 heavy (non-hydrogen) atoms. The van der Waals surface area contributed by atoms with Crippen LogP contribution in [0.5, 0.6) is 0 Å². The zero-order valence-corrected chi connectivity index (χ0v) is 20.9. The largest absolute Gasteiger partial charge is 0.353 e. The third-order valence-electron chi connectivity index (χ3n) is 6.90. The number of piperazine rings is 1. The van der Waals surface area contributed by atoms with Gasteiger partial charge >= 0.3 is 0 Å². The second-order valence-electron chi connectivity index (χ2n) is 9.29. The van der Waals surface area contributed by atoms with Gasteiger partial charge in [0.15, 0.2) is 0 Å². The van der Waals surface area contributed by atoms with Gasteiger partial charge in [0.05, 0.1) is 23.5 Å². The summed E-state index contributed by atoms with van der Waals surface area (Å²) < 4.78 is 31.6. The van der Waals surface area contributed by atoms with Crippen molar-refractivity contribution in [3.63, 3.8) is 0 Å². The molecule has 0 N–H and O–H groups in total. The molecule has 1 aliphatic heterocycles. The number of pyridine rings is 2. The summed E-state index contributed by atoms with van der Waals surface area (Å²) in [6, 6.07) is 11.4. The van der Waals surface area contributed by atoms with E-state index in [9.17, 15) is 18.8 Å². The molecule has 6 rings (SSSR count). The molecule has 0 bridgehead atoms. The van der Waals surface area contributed by atoms with Crippen molar-refractivity contribution < 1.29 is 13.6 Å². The van der Waals surface area contributed by atoms with Crippen molar-refractivity contribution in [1.82, 2.24) is 29.3 Å². The highest BCUT2D eigenvalue weighted by molar-refractivity contribution is 5.95. The van der Waals surface area contributed by atoms with Crippen molar-refractivity contribution in [3.8, 4) is 28.3 Å². The van der Waals surface area contributed by atoms with E-state index in [4.69, 9.17) is 0 Å². The SMILES string of the molecule is Cn1cc(-c2cc(-c3ccc(N4CCN(C(=O)c5c(F)cccc5F)CC4)nc3)c3c(C#N)cnn3c2)cn1. The number of nitrogens with zero attached hydrogens (tertiary/aromatic N) is 8. The molecule has 0 radical (unpaired) electrons. The molecule has 0 saturated carbocycles. The minimum Gasteiger partial charge on any atom is -0.353 e. The zero-order chi connectivity index (χ0) is 27.1. The number of rotatable bonds is 4. The van der Waals surface area contributed by atoms with Crippen LogP contribution in [-0.2, 0) is 7.05 Å². The van der Waals surface area contributed by atoms with E-state index in [1.165, 1.54) is 11.0 Å². The van der Waals surface area contributed by atoms with Crippen molar-refractivity contribution in [1.29, 1.82) is 5.26 Å². The first-order chi connectivity index (χ1) is 18.9. The molecule has 1 amide bonds. The summed E-state index contributed by atoms with van der Waals surface area (Å²) in [5.74, 6) is -1.66. The molecule has 11 heteroatoms. The van der Waals surface area contributed by atoms with E-state index in [1.807, 2.05) is 42.5 Å². The lowest BCUT2D eigenvalue weighted by Crippen LogP contribution is -2.49. The van der Waals surface area contributed by atoms with Crippen LogP contribution in [-0.4, -0.2) is 61.4 Å². The number of anilines is 1. The van der Waals surface area contributed by atoms with Gasteiger partial charge in [-0.25, -0.2) is 18.3 Å². The smallest absolute Gasteiger partial charge is 0.259 e. The number of carbonyl (C=O) groups excluding carboxylic acids is 1. The third-order valence-corrected chi connectivity index (χ3v) is 6.90. The van der Waals surface area contributed by atoms with Gasteiger partial charge in [-0.15, -0.1) is 0 Å². The van der Waals surface area contributed by atoms with Gasteiger partial charge in [-0.05, 0) is 30.3 Å². The normalized spacial score (nSPS) is 13.6. The first-order valence-electron chi connectivity index (χ1n) is 12.3. The van der Waals surface area contributed by atoms with E-state index < -0.39 is 23.1 Å². The summed E-state index contributed by atoms with van der Waals surface area (Å²) in [6.45, 7) is 1.56. The van der Waals surface area contributed by atoms with Crippen LogP contribution < -0.4 is 4.90 Å². The minimum atomic E-state index is -0.862. The molecular weight excluding hydrogens is 502 g/mol. The summed E-state index contributed by atoms with van der Waals surface area (Å²) in [7, 11) is 1.85. The van der Waals surface area contributed by atoms with Crippen molar-refractivity contribution >= 4 is 17.2 Å². The standard InChI is InChI=1S/C28H22F2N8O/c1-35-16-21(15-33-35)19-11-22(27-20(12-31)14-34-38(27)17-19)18-5-6-25(32-13-18)36-7-9-37(10-8-36)28(39)26-23(29)3-2-4-24(26)30/h2-6,11,13-17H,7-10H2,1H3. The molecule has 9 nitrogen and oxygen atoms in total. The molecule has 0 aliphatic carbocycles. The lowest BCUT2D eigenvalue weighted by Gasteiger charge is -2.35. The molecule has 0 unspecified atom stereocenters. The Hall–Kier alpha value is -5.11. The first-order valence-corrected chi connectivity index (χ1v) is 12.3. The van der Waals surface area contributed by atoms with E-state index in [2.05, 4.69) is 21.3 Å². The average molecular weight is 525 g/mol. The summed E-state index contributed by atoms with van der Waals surface area (Å²) in [4.78, 5) is 20.9. The quantitative estimate of drug-likeness (QED) is 0.354. The number of hydrogen-bond acceptors (Lipinski definition) is 6. The van der Waals surface area contributed by atoms with E-state index in [0.29, 0.717) is 37.3 Å². The Bertz CT molecular complexity index is 1720. The minimum absolute atomic E-state index is 0.311. The molecule has 0 atom stereocenters. The van der Waals surface area contributed by atoms with Gasteiger partial charge in [0.1, 0.15) is 29.1 Å². The maximum atomic E-state index is 14.1. The fourth-order valence-electron chi connectivity index (χ4n) is 4.88. The van der Waals surface area contributed by atoms with Crippen molar-refractivity contribution in [2.24, 2.45) is 7.05 Å². The highest BCUT2D eigenvalue weighted by atomic mass is 19.1. The van der Waals surface area contributed by atoms with Crippen molar-refractivity contribution in [3.05, 3.63) is 90.1 Å². The predicted molar refractivity (Wildman–Crippen MR) is 140 cm³/mol. The van der Waals surface area contributed by atoms with Gasteiger partial charge in [0, 0.05) is 74.1 Å². The number of aryl methyl sites for hydroxylation is 1. The van der Waals surface area contributed by atoms with Crippen LogP contribution in [0, 0.1) is 23.0 Å². The molecule has 0 spiro atoms. The van der Waals surface area contributed by atoms with Gasteiger partial charge in [-0.3, -0.25) is 9.48 Å². The topological polar surface area (TPSA) is 95.3 Å². The number of carbonyl (C=O) groups is 1. The second kappa shape index (κ2) is 9.64. The molecule has 194 valence electrons. The van der Waals surface area contributed by atoms with Crippen LogP contribution in [0.3, 0.4) is 0 Å². The fourth-order valence-corrected chi connectivity index (χ4v) is 4.88. The Balaban J connectivity index is 1.25. The lowest BCUT2D eigenvalue weighted by atomic mass is 10.0. The van der Waals surface area contributed by atoms with Crippen molar-refractivity contribution in [2.75, 3.05) is 31.1 Å². The molecular formula is C28H22F2N8O. The summed E-state index contributed by atoms with van der Waals surface area (Å²) in [5, 5.41) is 18.3. The summed E-state index contributed by atoms with van der Waals surface area (Å²) in [5.41, 5.74) is 4.06. The summed E-state index contributed by atoms with van der Waals surface area (Å²) >= 11 is 0. The highest BCUT2D eigenvalue weighted by Crippen LogP contribution is 2.32. The van der Waals surface area contributed by atoms with Crippen LogP contribution in [0.2, 0.25) is 0 Å². The first kappa shape index (κ1) is 24.2. The molecule has 1 aromatic carbocycles. The predicted octanol–water partition coefficient (Wildman–Crippen LogP) is 3.91. The van der Waals surface area contributed by atoms with Crippen LogP contribution in [0.15, 0.2) is 67.4 Å². The fraction of sp³-hybridized carbons (Fsp3) is 0.179. The molecule has 1 aliphatic rings. The molecule has 5 aromatic rings. The third kappa shape index (κ3) is 4.35. The number of hydrogen-bond donors (Lipinski definition) is 0. The number of aromatic nitrogens is 5. The van der Waals surface area contributed by atoms with E-state index in [-0.39, 0.29) is 0 Å². The number of benzene rings is 1. The van der Waals surface area contributed by atoms with E-state index >= 15 is 0 Å². The Labute approximate surface area is 222 Å². The average Bonchev–Trinajstić information content (AvgIpc) is 3.58. The highest BCUT2D eigenvalue weighted by Gasteiger charge is 2.27. The molecule has 1 saturated heterocycles. The van der Waals surface area contributed by atoms with Crippen LogP contribution in [0.25, 0.3) is 27.8 Å². The van der Waals surface area contributed by atoms with E-state index in [1.54, 1.807) is 27.8 Å². The van der Waals surface area contributed by atoms with Gasteiger partial charge in [-0.1, -0.05) is 6.07 Å². The maximum Gasteiger partial charge on any atom is 0.259 e. The van der Waals surface area contributed by atoms with Gasteiger partial charge in [0.2, 0.25) is 0 Å². The number of fused-ring (bicyclic) bond motifs is 1. The Morgan fingerprint density at radius 2 is 1.69 bits per heavy atom. The van der Waals surface area contributed by atoms with Gasteiger partial charge in [-0.2, -0.15) is 15.5 Å². The van der Waals surface area contributed by atoms with Gasteiger partial charge < -0.3 is 9.80 Å². The Morgan fingerprint density at radius 3 is 2.33 bits per heavy atom. The van der Waals surface area contributed by atoms with Crippen LogP contribution >= 0.6 is 0 Å². The number of nitriles is 1. The Kier molecular flexibility index (Phi) is 5.99. The van der Waals surface area contributed by atoms with Crippen molar-refractivity contribution in [2.45, 2.75) is 0 Å². The summed E-state index contributed by atoms with van der Waals surface area (Å²) in [6.07, 6.45) is 8.84. The van der Waals surface area contributed by atoms with Crippen LogP contribution in [0.4, 0.5) is 14.6 Å². The molecule has 1 fully saturated rings. The van der Waals surface area contributed by atoms with Gasteiger partial charge in [0.25, 0.3) is 5.91 Å². The Morgan fingerprint density at radius 1 is 0.923 bits per heavy atom. The van der Waals surface area contributed by atoms with Crippen LogP contribution in [0.1, 0.15) is 15.9 Å². The zero-order valence-electron chi connectivity index (χ0n) is 20.9. The lowest BCUT2D eigenvalue weighted by molar-refractivity contribution is 0.0736. The molecule has 5 heterocycles. The number of halogens is 2. The maximum absolute atomic E-state index is 14.1. The molecule has 4 aromatic heterocycles. The second-order valence-corrected chi connectivity index (χ2v) is 9.29.